The van der Waals surface area contributed by atoms with Gasteiger partial charge in [0.2, 0.25) is 30.1 Å². The predicted octanol–water partition coefficient (Wildman–Crippen LogP) is 13.3. The highest BCUT2D eigenvalue weighted by molar-refractivity contribution is 9.10. The van der Waals surface area contributed by atoms with Crippen LogP contribution in [0.25, 0.3) is 6.08 Å². The summed E-state index contributed by atoms with van der Waals surface area (Å²) in [6, 6.07) is 24.9. The number of alkyl halides is 9. The van der Waals surface area contributed by atoms with E-state index in [1.807, 2.05) is 65.8 Å². The van der Waals surface area contributed by atoms with Crippen LogP contribution in [0, 0.1) is 41.5 Å². The van der Waals surface area contributed by atoms with Crippen molar-refractivity contribution in [3.63, 3.8) is 0 Å². The van der Waals surface area contributed by atoms with E-state index in [4.69, 9.17) is 0 Å². The van der Waals surface area contributed by atoms with E-state index in [2.05, 4.69) is 83.6 Å². The first kappa shape index (κ1) is 101. The molecule has 9 fully saturated rings. The highest BCUT2D eigenvalue weighted by atomic mass is 79.9. The van der Waals surface area contributed by atoms with Gasteiger partial charge in [0.15, 0.2) is 0 Å². The van der Waals surface area contributed by atoms with Gasteiger partial charge < -0.3 is 30.2 Å². The average Bonchev–Trinajstić information content (AvgIpc) is 1.59. The zero-order valence-corrected chi connectivity index (χ0v) is 80.1. The summed E-state index contributed by atoms with van der Waals surface area (Å²) >= 11 is 3.54. The number of nitrogens with zero attached hydrogens (tertiary/aromatic N) is 9. The van der Waals surface area contributed by atoms with E-state index in [0.29, 0.717) is 59.3 Å². The molecule has 33 nitrogen and oxygen atoms in total. The SMILES string of the molecule is C=CS(=O)(=O)N1CCC2(CC1)N=C(c1ccc(OC(F)(F)F)cc1)NC2=O.Cc1cc(N2C(=O)NC(=O)C23CCCC3)cc(C)c1/C=C/S(=O)(=O)N1CCC2(CC1)N=C(c1ccc(OC(F)(F)F)cc1)NC2=O.Cc1cc(N2C(=O)NC(=O)C23CCCC3)cc(C)c1Br.Cc1cc(N2C(=O)NC(=O)C23CCCC3)cc(C)c1CCS(=O)(=O)N1CCC2(CC1)N=C(c1ccc(OC(F)(F)F)cc1)NC2=O. The molecule has 0 unspecified atom stereocenters. The quantitative estimate of drug-likeness (QED) is 0.0344. The third kappa shape index (κ3) is 20.7. The molecule has 6 N–H and O–H groups in total. The van der Waals surface area contributed by atoms with Crippen LogP contribution in [0.1, 0.15) is 177 Å². The molecule has 6 saturated heterocycles. The Morgan fingerprint density at radius 1 is 0.381 bits per heavy atom. The second-order valence-corrected chi connectivity index (χ2v) is 42.9. The number of ether oxygens (including phenoxy) is 3. The zero-order valence-electron chi connectivity index (χ0n) is 76.1. The summed E-state index contributed by atoms with van der Waals surface area (Å²) in [6.45, 7) is 15.1. The Kier molecular flexibility index (Phi) is 27.9. The molecule has 12 aliphatic rings. The number of nitrogens with one attached hydrogen (secondary N) is 6. The fraction of sp³-hybridized carbons (Fsp3) is 0.441. The number of anilines is 3. The fourth-order valence-corrected chi connectivity index (χ4v) is 24.2. The molecule has 139 heavy (non-hydrogen) atoms. The molecule has 0 radical (unpaired) electrons. The van der Waals surface area contributed by atoms with Crippen molar-refractivity contribution < 1.29 is 122 Å². The van der Waals surface area contributed by atoms with Gasteiger partial charge in [0.25, 0.3) is 35.4 Å². The molecule has 0 aromatic heterocycles. The van der Waals surface area contributed by atoms with Crippen molar-refractivity contribution in [2.45, 2.75) is 216 Å². The number of amides is 12. The molecule has 0 atom stereocenters. The van der Waals surface area contributed by atoms with Gasteiger partial charge in [0, 0.05) is 88.3 Å². The summed E-state index contributed by atoms with van der Waals surface area (Å²) in [5, 5.41) is 17.4. The number of sulfonamides is 3. The maximum absolute atomic E-state index is 13.4. The number of piperidine rings is 3. The predicted molar refractivity (Wildman–Crippen MR) is 496 cm³/mol. The minimum Gasteiger partial charge on any atom is -0.406 e. The van der Waals surface area contributed by atoms with Gasteiger partial charge in [-0.05, 0) is 285 Å². The number of hydrogen-bond donors (Lipinski definition) is 6. The number of amidine groups is 3. The van der Waals surface area contributed by atoms with Crippen LogP contribution in [0.15, 0.2) is 146 Å². The number of urea groups is 3. The summed E-state index contributed by atoms with van der Waals surface area (Å²) in [4.78, 5) is 132. The summed E-state index contributed by atoms with van der Waals surface area (Å²) in [5.41, 5.74) is 4.18. The first-order valence-electron chi connectivity index (χ1n) is 44.8. The largest absolute Gasteiger partial charge is 0.573 e. The number of aryl methyl sites for hydroxylation is 6. The Morgan fingerprint density at radius 3 is 0.942 bits per heavy atom. The van der Waals surface area contributed by atoms with Crippen molar-refractivity contribution in [1.29, 1.82) is 0 Å². The first-order chi connectivity index (χ1) is 65.2. The Balaban J connectivity index is 0.000000147. The average molecular weight is 2060 g/mol. The normalized spacial score (nSPS) is 21.0. The Morgan fingerprint density at radius 2 is 0.655 bits per heavy atom. The van der Waals surface area contributed by atoms with E-state index in [1.54, 1.807) is 26.8 Å². The molecule has 46 heteroatoms. The number of carbonyl (C=O) groups is 9. The molecular formula is C93H99BrF9N15O18S3. The molecule has 3 aliphatic carbocycles. The topological polar surface area (TPSA) is 412 Å². The van der Waals surface area contributed by atoms with E-state index in [-0.39, 0.29) is 149 Å². The maximum atomic E-state index is 13.4. The van der Waals surface area contributed by atoms with E-state index in [1.165, 1.54) is 55.4 Å². The molecule has 6 aromatic carbocycles. The summed E-state index contributed by atoms with van der Waals surface area (Å²) < 4.78 is 205. The number of imide groups is 3. The number of halogens is 10. The van der Waals surface area contributed by atoms with E-state index in [9.17, 15) is 108 Å². The third-order valence-corrected chi connectivity index (χ3v) is 33.8. The lowest BCUT2D eigenvalue weighted by molar-refractivity contribution is -0.275. The molecule has 9 aliphatic heterocycles. The van der Waals surface area contributed by atoms with Gasteiger partial charge in [0.1, 0.15) is 68.0 Å². The van der Waals surface area contributed by atoms with E-state index >= 15 is 0 Å². The van der Waals surface area contributed by atoms with Gasteiger partial charge in [-0.15, -0.1) is 39.5 Å². The van der Waals surface area contributed by atoms with E-state index < -0.39 is 112 Å². The van der Waals surface area contributed by atoms with Gasteiger partial charge in [-0.25, -0.2) is 43.9 Å². The van der Waals surface area contributed by atoms with Crippen LogP contribution < -0.4 is 60.8 Å². The number of hydrogen-bond acceptors (Lipinski definition) is 21. The summed E-state index contributed by atoms with van der Waals surface area (Å²) in [6.07, 6.45) is -2.47. The van der Waals surface area contributed by atoms with Crippen LogP contribution in [0.4, 0.5) is 71.0 Å². The van der Waals surface area contributed by atoms with Crippen LogP contribution in [0.2, 0.25) is 0 Å². The number of aliphatic imine (C=N–C) groups is 3. The molecule has 6 aromatic rings. The first-order valence-corrected chi connectivity index (χ1v) is 50.2. The Labute approximate surface area is 802 Å². The van der Waals surface area contributed by atoms with Crippen LogP contribution in [0.5, 0.6) is 17.2 Å². The second-order valence-electron chi connectivity index (χ2n) is 36.3. The van der Waals surface area contributed by atoms with Crippen LogP contribution in [-0.2, 0) is 65.3 Å². The monoisotopic (exact) mass is 2060 g/mol. The molecular weight excluding hydrogens is 1960 g/mol. The lowest BCUT2D eigenvalue weighted by atomic mass is 9.89. The van der Waals surface area contributed by atoms with Crippen LogP contribution in [-0.4, -0.2) is 207 Å². The van der Waals surface area contributed by atoms with Crippen LogP contribution in [0.3, 0.4) is 0 Å². The number of rotatable bonds is 18. The van der Waals surface area contributed by atoms with Gasteiger partial charge in [-0.2, -0.15) is 8.61 Å². The van der Waals surface area contributed by atoms with Crippen molar-refractivity contribution in [3.05, 3.63) is 192 Å². The van der Waals surface area contributed by atoms with Gasteiger partial charge in [0.05, 0.1) is 5.75 Å². The summed E-state index contributed by atoms with van der Waals surface area (Å²) in [5.74, 6) is -2.52. The highest BCUT2D eigenvalue weighted by Crippen LogP contribution is 2.48. The van der Waals surface area contributed by atoms with Crippen LogP contribution >= 0.6 is 15.9 Å². The second kappa shape index (κ2) is 38.2. The zero-order chi connectivity index (χ0) is 101. The number of benzene rings is 6. The molecule has 3 saturated carbocycles. The fourth-order valence-electron chi connectivity index (χ4n) is 20.4. The maximum Gasteiger partial charge on any atom is 0.573 e. The molecule has 6 spiro atoms. The van der Waals surface area contributed by atoms with Crippen molar-refractivity contribution in [2.75, 3.05) is 59.7 Å². The van der Waals surface area contributed by atoms with Gasteiger partial charge in [-0.3, -0.25) is 74.4 Å². The minimum absolute atomic E-state index is 0.0340. The van der Waals surface area contributed by atoms with Gasteiger partial charge in [-0.1, -0.05) is 61.0 Å². The van der Waals surface area contributed by atoms with Crippen molar-refractivity contribution in [2.24, 2.45) is 15.0 Å². The lowest BCUT2D eigenvalue weighted by Gasteiger charge is -2.34. The number of carbonyl (C=O) groups excluding carboxylic acids is 9. The lowest BCUT2D eigenvalue weighted by Crippen LogP contribution is -2.50. The smallest absolute Gasteiger partial charge is 0.406 e. The molecule has 9 heterocycles. The third-order valence-electron chi connectivity index (χ3n) is 27.6. The molecule has 0 bridgehead atoms. The van der Waals surface area contributed by atoms with Crippen molar-refractivity contribution in [3.8, 4) is 17.2 Å². The molecule has 742 valence electrons. The Hall–Kier alpha value is -12.0. The minimum atomic E-state index is -4.83. The van der Waals surface area contributed by atoms with Crippen molar-refractivity contribution in [1.82, 2.24) is 44.8 Å². The molecule has 18 rings (SSSR count). The standard InChI is InChI=1S/C31H34F3N5O6S.C31H32F3N5O6S.C16H16F3N3O4S.C15H17BrN2O2/c2*1-19-17-22(39-28(42)36-27(41)30(39)10-3-4-11-30)18-20(2)24(19)9-16-46(43,44)38-14-12-29(13-15-38)26(40)35-25(37-29)21-5-7-23(8-6-21)45-31(32,33)34;1-2-27(24,25)22-9-7-15(8-10-22)14(23)20-13(21-15)11-3-5-12(6-4-11)26-16(17,18)19;1-9-7-11(8-10(2)12(9)16)18-14(20)17-13(19)15(18)5-3-4-6-15/h5-8,17-18H,3-4,9-16H2,1-2H3,(H,35,37,40)(H,36,41,42);5-9,16-18H,3-4,10-15H2,1-2H3,(H,35,37,40)(H,36,41,42);2-6H,1,7-10H2,(H,20,21,23);7-8H,3-6H2,1-2H3,(H,17,19,20)/b;16-9+;;. The Bertz CT molecular complexity index is 6410. The summed E-state index contributed by atoms with van der Waals surface area (Å²) in [7, 11) is -11.1. The van der Waals surface area contributed by atoms with Gasteiger partial charge >= 0.3 is 37.2 Å². The highest BCUT2D eigenvalue weighted by Gasteiger charge is 2.59. The molecule has 12 amide bonds. The van der Waals surface area contributed by atoms with Crippen molar-refractivity contribution >= 4 is 140 Å². The van der Waals surface area contributed by atoms with E-state index in [0.717, 1.165) is 148 Å².